The van der Waals surface area contributed by atoms with Gasteiger partial charge in [-0.15, -0.1) is 0 Å². The maximum Gasteiger partial charge on any atom is 0.254 e. The first kappa shape index (κ1) is 22.1. The van der Waals surface area contributed by atoms with Gasteiger partial charge in [0.15, 0.2) is 5.96 Å². The number of ether oxygens (including phenoxy) is 1. The fourth-order valence-corrected chi connectivity index (χ4v) is 3.29. The molecule has 0 atom stereocenters. The molecule has 0 unspecified atom stereocenters. The fourth-order valence-electron chi connectivity index (χ4n) is 3.29. The summed E-state index contributed by atoms with van der Waals surface area (Å²) in [5, 5.41) is 9.28. The van der Waals surface area contributed by atoms with Crippen molar-refractivity contribution in [3.8, 4) is 5.75 Å². The fraction of sp³-hybridized carbons (Fsp3) is 0.348. The highest BCUT2D eigenvalue weighted by Gasteiger charge is 2.22. The van der Waals surface area contributed by atoms with Gasteiger partial charge in [0.1, 0.15) is 5.75 Å². The number of nitrogens with one attached hydrogen (secondary N) is 3. The summed E-state index contributed by atoms with van der Waals surface area (Å²) in [6.45, 7) is 4.95. The molecule has 1 aliphatic rings. The van der Waals surface area contributed by atoms with E-state index in [1.54, 1.807) is 24.1 Å². The van der Waals surface area contributed by atoms with E-state index in [1.165, 1.54) is 0 Å². The minimum absolute atomic E-state index is 0.106. The molecule has 2 amide bonds. The highest BCUT2D eigenvalue weighted by molar-refractivity contribution is 5.97. The Morgan fingerprint density at radius 1 is 1.16 bits per heavy atom. The number of amides is 2. The molecule has 8 heteroatoms. The highest BCUT2D eigenvalue weighted by atomic mass is 16.5. The Labute approximate surface area is 182 Å². The van der Waals surface area contributed by atoms with Crippen LogP contribution in [0.4, 0.5) is 0 Å². The van der Waals surface area contributed by atoms with Crippen LogP contribution in [-0.4, -0.2) is 56.0 Å². The van der Waals surface area contributed by atoms with E-state index in [-0.39, 0.29) is 18.4 Å². The van der Waals surface area contributed by atoms with E-state index in [0.717, 1.165) is 23.4 Å². The second-order valence-electron chi connectivity index (χ2n) is 7.13. The van der Waals surface area contributed by atoms with Crippen molar-refractivity contribution < 1.29 is 14.3 Å². The van der Waals surface area contributed by atoms with Crippen LogP contribution in [0, 0.1) is 0 Å². The van der Waals surface area contributed by atoms with E-state index >= 15 is 0 Å². The van der Waals surface area contributed by atoms with Gasteiger partial charge in [0.2, 0.25) is 5.91 Å². The number of piperazine rings is 1. The molecule has 0 bridgehead atoms. The number of hydrogen-bond donors (Lipinski definition) is 3. The van der Waals surface area contributed by atoms with Crippen molar-refractivity contribution in [2.45, 2.75) is 20.0 Å². The number of benzene rings is 2. The quantitative estimate of drug-likeness (QED) is 0.464. The van der Waals surface area contributed by atoms with Gasteiger partial charge in [-0.05, 0) is 30.7 Å². The molecule has 1 saturated heterocycles. The summed E-state index contributed by atoms with van der Waals surface area (Å²) in [7, 11) is 1.66. The van der Waals surface area contributed by atoms with E-state index in [9.17, 15) is 9.59 Å². The number of guanidine groups is 1. The zero-order valence-corrected chi connectivity index (χ0v) is 18.0. The first-order valence-electron chi connectivity index (χ1n) is 10.4. The largest absolute Gasteiger partial charge is 0.496 e. The van der Waals surface area contributed by atoms with Crippen LogP contribution in [0.15, 0.2) is 53.5 Å². The molecule has 0 aromatic heterocycles. The molecule has 1 fully saturated rings. The second kappa shape index (κ2) is 11.0. The number of carbonyl (C=O) groups is 2. The third-order valence-electron chi connectivity index (χ3n) is 4.93. The second-order valence-corrected chi connectivity index (χ2v) is 7.13. The Morgan fingerprint density at radius 2 is 1.94 bits per heavy atom. The van der Waals surface area contributed by atoms with Crippen LogP contribution < -0.4 is 20.7 Å². The third kappa shape index (κ3) is 6.21. The van der Waals surface area contributed by atoms with Crippen LogP contribution in [0.3, 0.4) is 0 Å². The lowest BCUT2D eigenvalue weighted by Gasteiger charge is -2.26. The van der Waals surface area contributed by atoms with Gasteiger partial charge in [-0.3, -0.25) is 9.59 Å². The van der Waals surface area contributed by atoms with Crippen LogP contribution in [0.5, 0.6) is 5.75 Å². The topological polar surface area (TPSA) is 95.1 Å². The van der Waals surface area contributed by atoms with Crippen molar-refractivity contribution in [1.82, 2.24) is 20.9 Å². The van der Waals surface area contributed by atoms with E-state index in [2.05, 4.69) is 20.9 Å². The molecule has 0 aliphatic carbocycles. The summed E-state index contributed by atoms with van der Waals surface area (Å²) in [6.07, 6.45) is 0. The predicted molar refractivity (Wildman–Crippen MR) is 120 cm³/mol. The average molecular weight is 424 g/mol. The number of hydrogen-bond acceptors (Lipinski definition) is 4. The van der Waals surface area contributed by atoms with Crippen molar-refractivity contribution in [3.63, 3.8) is 0 Å². The van der Waals surface area contributed by atoms with Crippen molar-refractivity contribution in [3.05, 3.63) is 65.2 Å². The van der Waals surface area contributed by atoms with Gasteiger partial charge in [-0.25, -0.2) is 4.99 Å². The Morgan fingerprint density at radius 3 is 2.65 bits per heavy atom. The molecule has 0 spiro atoms. The molecule has 2 aromatic carbocycles. The number of rotatable bonds is 7. The molecule has 1 heterocycles. The van der Waals surface area contributed by atoms with Crippen LogP contribution in [0.25, 0.3) is 0 Å². The normalized spacial score (nSPS) is 14.1. The Hall–Kier alpha value is -3.55. The Bertz CT molecular complexity index is 927. The van der Waals surface area contributed by atoms with Crippen molar-refractivity contribution in [2.24, 2.45) is 4.99 Å². The number of methoxy groups -OCH3 is 1. The predicted octanol–water partition coefficient (Wildman–Crippen LogP) is 1.52. The van der Waals surface area contributed by atoms with Gasteiger partial charge in [-0.1, -0.05) is 30.3 Å². The average Bonchev–Trinajstić information content (AvgIpc) is 2.81. The van der Waals surface area contributed by atoms with Crippen LogP contribution >= 0.6 is 0 Å². The molecule has 0 saturated carbocycles. The van der Waals surface area contributed by atoms with E-state index < -0.39 is 0 Å². The molecule has 3 rings (SSSR count). The van der Waals surface area contributed by atoms with Crippen LogP contribution in [-0.2, 0) is 17.9 Å². The molecule has 1 aliphatic heterocycles. The molecule has 31 heavy (non-hydrogen) atoms. The lowest BCUT2D eigenvalue weighted by atomic mass is 10.1. The first-order chi connectivity index (χ1) is 15.1. The zero-order valence-electron chi connectivity index (χ0n) is 18.0. The van der Waals surface area contributed by atoms with Gasteiger partial charge in [0, 0.05) is 37.3 Å². The van der Waals surface area contributed by atoms with E-state index in [1.807, 2.05) is 43.3 Å². The molecular formula is C23H29N5O3. The summed E-state index contributed by atoms with van der Waals surface area (Å²) in [5.74, 6) is 1.28. The maximum absolute atomic E-state index is 12.6. The number of aliphatic imine (C=N–C) groups is 1. The van der Waals surface area contributed by atoms with E-state index in [4.69, 9.17) is 4.74 Å². The smallest absolute Gasteiger partial charge is 0.254 e. The molecule has 2 aromatic rings. The van der Waals surface area contributed by atoms with Crippen molar-refractivity contribution >= 4 is 17.8 Å². The van der Waals surface area contributed by atoms with Crippen LogP contribution in [0.2, 0.25) is 0 Å². The third-order valence-corrected chi connectivity index (χ3v) is 4.93. The van der Waals surface area contributed by atoms with E-state index in [0.29, 0.717) is 37.7 Å². The number of nitrogens with zero attached hydrogens (tertiary/aromatic N) is 2. The summed E-state index contributed by atoms with van der Waals surface area (Å²) >= 11 is 0. The monoisotopic (exact) mass is 423 g/mol. The first-order valence-corrected chi connectivity index (χ1v) is 10.4. The lowest BCUT2D eigenvalue weighted by molar-refractivity contribution is -0.123. The highest BCUT2D eigenvalue weighted by Crippen LogP contribution is 2.16. The molecule has 3 N–H and O–H groups in total. The minimum atomic E-state index is -0.128. The van der Waals surface area contributed by atoms with Crippen molar-refractivity contribution in [1.29, 1.82) is 0 Å². The standard InChI is InChI=1S/C23H29N5O3/c1-3-24-23(27-15-19-6-4-5-7-20(19)31-2)26-14-17-8-10-18(11-9-17)22(30)28-13-12-25-21(29)16-28/h4-11H,3,12-16H2,1-2H3,(H,25,29)(H2,24,26,27). The van der Waals surface area contributed by atoms with Gasteiger partial charge >= 0.3 is 0 Å². The summed E-state index contributed by atoms with van der Waals surface area (Å²) in [5.41, 5.74) is 2.61. The molecule has 164 valence electrons. The summed E-state index contributed by atoms with van der Waals surface area (Å²) < 4.78 is 5.39. The van der Waals surface area contributed by atoms with Crippen LogP contribution in [0.1, 0.15) is 28.4 Å². The number of carbonyl (C=O) groups excluding carboxylic acids is 2. The van der Waals surface area contributed by atoms with Gasteiger partial charge in [-0.2, -0.15) is 0 Å². The summed E-state index contributed by atoms with van der Waals surface area (Å²) in [4.78, 5) is 30.3. The van der Waals surface area contributed by atoms with Gasteiger partial charge < -0.3 is 25.6 Å². The van der Waals surface area contributed by atoms with Crippen molar-refractivity contribution in [2.75, 3.05) is 33.3 Å². The van der Waals surface area contributed by atoms with Gasteiger partial charge in [0.25, 0.3) is 5.91 Å². The summed E-state index contributed by atoms with van der Waals surface area (Å²) in [6, 6.07) is 15.2. The molecule has 8 nitrogen and oxygen atoms in total. The van der Waals surface area contributed by atoms with Gasteiger partial charge in [0.05, 0.1) is 20.2 Å². The SMILES string of the molecule is CCNC(=NCc1ccc(C(=O)N2CCNC(=O)C2)cc1)NCc1ccccc1OC. The zero-order chi connectivity index (χ0) is 22.1. The molecule has 0 radical (unpaired) electrons. The number of para-hydroxylation sites is 1. The maximum atomic E-state index is 12.6. The Kier molecular flexibility index (Phi) is 7.86. The lowest BCUT2D eigenvalue weighted by Crippen LogP contribution is -2.49. The minimum Gasteiger partial charge on any atom is -0.496 e. The molecular weight excluding hydrogens is 394 g/mol. The Balaban J connectivity index is 1.60.